The van der Waals surface area contributed by atoms with Crippen molar-refractivity contribution < 1.29 is 36.9 Å². The van der Waals surface area contributed by atoms with Crippen molar-refractivity contribution in [2.24, 2.45) is 9.98 Å². The van der Waals surface area contributed by atoms with E-state index in [1.54, 1.807) is 12.1 Å². The Morgan fingerprint density at radius 1 is 1.08 bits per heavy atom. The average Bonchev–Trinajstić information content (AvgIpc) is 2.87. The third-order valence-electron chi connectivity index (χ3n) is 5.18. The van der Waals surface area contributed by atoms with Crippen molar-refractivity contribution in [2.45, 2.75) is 31.9 Å². The van der Waals surface area contributed by atoms with E-state index in [0.717, 1.165) is 12.0 Å². The Kier molecular flexibility index (Phi) is 8.33. The van der Waals surface area contributed by atoms with Gasteiger partial charge in [-0.25, -0.2) is 9.79 Å². The molecule has 6 bridgehead atoms. The molecule has 37 heavy (non-hydrogen) atoms. The van der Waals surface area contributed by atoms with Crippen LogP contribution in [0.15, 0.2) is 52.4 Å². The summed E-state index contributed by atoms with van der Waals surface area (Å²) in [4.78, 5) is 20.7. The molecule has 0 spiro atoms. The second-order valence-electron chi connectivity index (χ2n) is 8.07. The van der Waals surface area contributed by atoms with E-state index in [9.17, 15) is 18.0 Å². The number of fused-ring (bicyclic) bond motifs is 6. The lowest BCUT2D eigenvalue weighted by atomic mass is 10.1. The monoisotopic (exact) mass is 521 g/mol. The number of hydrogen-bond donors (Lipinski definition) is 3. The van der Waals surface area contributed by atoms with Gasteiger partial charge in [-0.2, -0.15) is 18.2 Å². The molecule has 2 heterocycles. The molecule has 0 aliphatic carbocycles. The van der Waals surface area contributed by atoms with Crippen LogP contribution in [0.5, 0.6) is 11.5 Å². The van der Waals surface area contributed by atoms with E-state index >= 15 is 0 Å². The number of carbonyl (C=O) groups excluding carboxylic acids is 1. The fourth-order valence-electron chi connectivity index (χ4n) is 3.46. The van der Waals surface area contributed by atoms with Crippen molar-refractivity contribution in [1.29, 1.82) is 0 Å². The highest BCUT2D eigenvalue weighted by Crippen LogP contribution is 2.25. The zero-order valence-corrected chi connectivity index (χ0v) is 19.9. The molecule has 198 valence electrons. The van der Waals surface area contributed by atoms with Gasteiger partial charge in [-0.05, 0) is 42.7 Å². The molecular weight excluding hydrogens is 495 g/mol. The zero-order chi connectivity index (χ0) is 26.3. The van der Waals surface area contributed by atoms with Gasteiger partial charge >= 0.3 is 12.1 Å². The molecule has 1 unspecified atom stereocenters. The maximum Gasteiger partial charge on any atom is 0.411 e. The molecule has 2 aromatic rings. The Balaban J connectivity index is 1.64. The minimum atomic E-state index is -4.53. The van der Waals surface area contributed by atoms with Gasteiger partial charge in [-0.1, -0.05) is 12.1 Å². The second-order valence-corrected chi connectivity index (χ2v) is 8.07. The molecule has 2 aromatic carbocycles. The number of anilines is 1. The van der Waals surface area contributed by atoms with E-state index in [1.807, 2.05) is 24.3 Å². The Morgan fingerprint density at radius 2 is 1.89 bits per heavy atom. The number of benzene rings is 2. The molecule has 0 saturated carbocycles. The largest absolute Gasteiger partial charge is 0.494 e. The Labute approximate surface area is 210 Å². The summed E-state index contributed by atoms with van der Waals surface area (Å²) in [5.74, 6) is 0.610. The first kappa shape index (κ1) is 26.1. The van der Waals surface area contributed by atoms with Crippen LogP contribution >= 0.6 is 0 Å². The van der Waals surface area contributed by atoms with E-state index < -0.39 is 25.1 Å². The first-order chi connectivity index (χ1) is 17.8. The van der Waals surface area contributed by atoms with Crippen molar-refractivity contribution >= 4 is 23.6 Å². The number of carbonyl (C=O) groups is 1. The lowest BCUT2D eigenvalue weighted by molar-refractivity contribution is -0.186. The molecular formula is C24H26F3N5O5. The van der Waals surface area contributed by atoms with Crippen LogP contribution in [0.1, 0.15) is 28.8 Å². The van der Waals surface area contributed by atoms with Crippen LogP contribution in [-0.2, 0) is 16.0 Å². The standard InChI is InChI=1S/C24H26F3N5O5/c1-34-20(33)18-8-7-16-12-19(18)36-10-3-2-9-35-17-6-4-5-15(11-17)13-28-21-30-22(29-16)32-23(31-21)37-14-24(25,26)27/h4-8,11-12,23H,2-3,9-10,13-14H2,1H3,(H3,28,29,30,31,32). The number of nitrogens with zero attached hydrogens (tertiary/aromatic N) is 2. The molecule has 0 fully saturated rings. The second kappa shape index (κ2) is 11.8. The van der Waals surface area contributed by atoms with Crippen LogP contribution in [0.2, 0.25) is 0 Å². The molecule has 1 atom stereocenters. The topological polar surface area (TPSA) is 115 Å². The lowest BCUT2D eigenvalue weighted by Gasteiger charge is -2.26. The number of nitrogens with one attached hydrogen (secondary N) is 3. The van der Waals surface area contributed by atoms with Gasteiger partial charge in [0.05, 0.1) is 26.9 Å². The average molecular weight is 521 g/mol. The first-order valence-corrected chi connectivity index (χ1v) is 11.5. The molecule has 0 radical (unpaired) electrons. The summed E-state index contributed by atoms with van der Waals surface area (Å²) < 4.78 is 59.6. The first-order valence-electron chi connectivity index (χ1n) is 11.5. The third kappa shape index (κ3) is 7.74. The summed E-state index contributed by atoms with van der Waals surface area (Å²) in [5, 5.41) is 8.58. The minimum Gasteiger partial charge on any atom is -0.494 e. The Hall–Kier alpha value is -4.00. The van der Waals surface area contributed by atoms with Crippen LogP contribution in [0.25, 0.3) is 0 Å². The van der Waals surface area contributed by atoms with E-state index in [4.69, 9.17) is 18.9 Å². The molecule has 0 aromatic heterocycles. The van der Waals surface area contributed by atoms with E-state index in [-0.39, 0.29) is 29.8 Å². The summed E-state index contributed by atoms with van der Waals surface area (Å²) in [6.07, 6.45) is -4.49. The van der Waals surface area contributed by atoms with Crippen LogP contribution in [0, 0.1) is 0 Å². The lowest BCUT2D eigenvalue weighted by Crippen LogP contribution is -2.54. The SMILES string of the molecule is COC(=O)c1ccc2cc1OCCCCOc1cccc(c1)CN=C1NC(=NC(OCC(F)(F)F)N1)N2. The number of rotatable bonds is 3. The molecule has 13 heteroatoms. The Bertz CT molecular complexity index is 1170. The van der Waals surface area contributed by atoms with Crippen LogP contribution in [0.3, 0.4) is 0 Å². The molecule has 0 amide bonds. The quantitative estimate of drug-likeness (QED) is 0.527. The molecule has 3 N–H and O–H groups in total. The van der Waals surface area contributed by atoms with Gasteiger partial charge in [0.1, 0.15) is 23.7 Å². The summed E-state index contributed by atoms with van der Waals surface area (Å²) in [7, 11) is 1.27. The molecule has 10 nitrogen and oxygen atoms in total. The van der Waals surface area contributed by atoms with Crippen molar-refractivity contribution in [3.63, 3.8) is 0 Å². The fourth-order valence-corrected chi connectivity index (χ4v) is 3.46. The van der Waals surface area contributed by atoms with Gasteiger partial charge in [-0.15, -0.1) is 0 Å². The Morgan fingerprint density at radius 3 is 2.68 bits per heavy atom. The van der Waals surface area contributed by atoms with Gasteiger partial charge in [0.25, 0.3) is 0 Å². The highest BCUT2D eigenvalue weighted by Gasteiger charge is 2.31. The summed E-state index contributed by atoms with van der Waals surface area (Å²) in [5.41, 5.74) is 1.53. The van der Waals surface area contributed by atoms with E-state index in [1.165, 1.54) is 13.2 Å². The minimum absolute atomic E-state index is 0.0830. The normalized spacial score (nSPS) is 18.1. The van der Waals surface area contributed by atoms with Crippen molar-refractivity contribution in [3.8, 4) is 11.5 Å². The third-order valence-corrected chi connectivity index (χ3v) is 5.18. The number of hydrogen-bond acceptors (Lipinski definition) is 10. The van der Waals surface area contributed by atoms with Gasteiger partial charge in [0.2, 0.25) is 18.3 Å². The number of esters is 1. The summed E-state index contributed by atoms with van der Waals surface area (Å²) in [6, 6.07) is 12.0. The number of alkyl halides is 3. The molecule has 0 saturated heterocycles. The molecule has 2 aliphatic rings. The van der Waals surface area contributed by atoms with Gasteiger partial charge < -0.3 is 29.6 Å². The molecule has 4 rings (SSSR count). The van der Waals surface area contributed by atoms with Crippen molar-refractivity contribution in [2.75, 3.05) is 32.2 Å². The number of guanidine groups is 2. The van der Waals surface area contributed by atoms with Gasteiger partial charge in [-0.3, -0.25) is 5.32 Å². The number of methoxy groups -OCH3 is 1. The number of ether oxygens (including phenoxy) is 4. The zero-order valence-electron chi connectivity index (χ0n) is 19.9. The highest BCUT2D eigenvalue weighted by molar-refractivity contribution is 6.07. The predicted octanol–water partition coefficient (Wildman–Crippen LogP) is 3.40. The summed E-state index contributed by atoms with van der Waals surface area (Å²) >= 11 is 0. The van der Waals surface area contributed by atoms with Gasteiger partial charge in [0.15, 0.2) is 0 Å². The smallest absolute Gasteiger partial charge is 0.411 e. The van der Waals surface area contributed by atoms with E-state index in [0.29, 0.717) is 31.1 Å². The number of halogens is 3. The number of aliphatic imine (C=N–C) groups is 2. The predicted molar refractivity (Wildman–Crippen MR) is 129 cm³/mol. The summed E-state index contributed by atoms with van der Waals surface area (Å²) in [6.45, 7) is -0.490. The van der Waals surface area contributed by atoms with Crippen molar-refractivity contribution in [1.82, 2.24) is 10.6 Å². The van der Waals surface area contributed by atoms with E-state index in [2.05, 4.69) is 25.9 Å². The van der Waals surface area contributed by atoms with Crippen LogP contribution < -0.4 is 25.4 Å². The molecule has 2 aliphatic heterocycles. The van der Waals surface area contributed by atoms with Crippen LogP contribution in [-0.4, -0.2) is 57.3 Å². The maximum atomic E-state index is 12.7. The van der Waals surface area contributed by atoms with Crippen molar-refractivity contribution in [3.05, 3.63) is 53.6 Å². The maximum absolute atomic E-state index is 12.7. The highest BCUT2D eigenvalue weighted by atomic mass is 19.4. The van der Waals surface area contributed by atoms with Crippen LogP contribution in [0.4, 0.5) is 18.9 Å². The van der Waals surface area contributed by atoms with Gasteiger partial charge in [0, 0.05) is 11.8 Å². The fraction of sp³-hybridized carbons (Fsp3) is 0.375.